The van der Waals surface area contributed by atoms with Gasteiger partial charge in [0.25, 0.3) is 0 Å². The van der Waals surface area contributed by atoms with Gasteiger partial charge in [-0.1, -0.05) is 6.07 Å². The molecule has 0 atom stereocenters. The molecular formula is C12H12N4O2. The van der Waals surface area contributed by atoms with Crippen LogP contribution in [0.1, 0.15) is 5.69 Å². The van der Waals surface area contributed by atoms with E-state index in [9.17, 15) is 4.79 Å². The Morgan fingerprint density at radius 1 is 1.44 bits per heavy atom. The molecule has 0 aliphatic rings. The molecule has 1 aromatic carbocycles. The Labute approximate surface area is 102 Å². The third-order valence-corrected chi connectivity index (χ3v) is 3.06. The highest BCUT2D eigenvalue weighted by atomic mass is 16.4. The molecule has 2 aromatic heterocycles. The Bertz CT molecular complexity index is 775. The molecule has 6 heteroatoms. The van der Waals surface area contributed by atoms with Crippen LogP contribution in [0.25, 0.3) is 22.2 Å². The zero-order chi connectivity index (χ0) is 12.9. The number of nitrogens with one attached hydrogen (secondary N) is 1. The second-order valence-corrected chi connectivity index (χ2v) is 4.22. The van der Waals surface area contributed by atoms with Gasteiger partial charge in [-0.2, -0.15) is 5.10 Å². The topological polar surface area (TPSA) is 89.8 Å². The third-order valence-electron chi connectivity index (χ3n) is 3.06. The predicted octanol–water partition coefficient (Wildman–Crippen LogP) is 1.41. The fourth-order valence-corrected chi connectivity index (χ4v) is 2.10. The molecule has 0 unspecified atom stereocenters. The van der Waals surface area contributed by atoms with Crippen molar-refractivity contribution in [3.8, 4) is 11.1 Å². The summed E-state index contributed by atoms with van der Waals surface area (Å²) in [6, 6.07) is 5.53. The van der Waals surface area contributed by atoms with Gasteiger partial charge in [-0.05, 0) is 24.6 Å². The van der Waals surface area contributed by atoms with Gasteiger partial charge in [0.1, 0.15) is 0 Å². The highest BCUT2D eigenvalue weighted by Crippen LogP contribution is 2.29. The number of nitrogen functional groups attached to an aromatic ring is 1. The second kappa shape index (κ2) is 3.49. The van der Waals surface area contributed by atoms with Crippen LogP contribution in [-0.2, 0) is 7.05 Å². The lowest BCUT2D eigenvalue weighted by molar-refractivity contribution is 0.528. The molecule has 0 fully saturated rings. The van der Waals surface area contributed by atoms with Crippen LogP contribution in [0.2, 0.25) is 0 Å². The number of hydrogen-bond donors (Lipinski definition) is 2. The number of anilines is 1. The zero-order valence-corrected chi connectivity index (χ0v) is 10.0. The van der Waals surface area contributed by atoms with Crippen molar-refractivity contribution in [3.63, 3.8) is 0 Å². The van der Waals surface area contributed by atoms with E-state index in [-0.39, 0.29) is 5.76 Å². The van der Waals surface area contributed by atoms with Crippen molar-refractivity contribution in [1.29, 1.82) is 0 Å². The van der Waals surface area contributed by atoms with Crippen molar-refractivity contribution in [3.05, 3.63) is 34.4 Å². The summed E-state index contributed by atoms with van der Waals surface area (Å²) in [6.07, 6.45) is 0. The Kier molecular flexibility index (Phi) is 2.07. The van der Waals surface area contributed by atoms with E-state index in [4.69, 9.17) is 10.2 Å². The maximum Gasteiger partial charge on any atom is 0.419 e. The van der Waals surface area contributed by atoms with E-state index >= 15 is 0 Å². The molecule has 6 nitrogen and oxygen atoms in total. The van der Waals surface area contributed by atoms with E-state index in [2.05, 4.69) is 10.2 Å². The minimum Gasteiger partial charge on any atom is -0.408 e. The highest BCUT2D eigenvalue weighted by molar-refractivity contribution is 5.84. The van der Waals surface area contributed by atoms with E-state index in [0.29, 0.717) is 11.4 Å². The Balaban J connectivity index is 2.29. The summed E-state index contributed by atoms with van der Waals surface area (Å²) in [6.45, 7) is 1.89. The Morgan fingerprint density at radius 3 is 2.89 bits per heavy atom. The van der Waals surface area contributed by atoms with Crippen molar-refractivity contribution in [2.75, 3.05) is 5.73 Å². The first-order chi connectivity index (χ1) is 8.58. The Hall–Kier alpha value is -2.50. The summed E-state index contributed by atoms with van der Waals surface area (Å²) in [5.74, 6) is 0.0594. The van der Waals surface area contributed by atoms with E-state index in [1.807, 2.05) is 19.1 Å². The molecule has 0 aliphatic heterocycles. The van der Waals surface area contributed by atoms with Gasteiger partial charge in [-0.15, -0.1) is 0 Å². The summed E-state index contributed by atoms with van der Waals surface area (Å²) in [7, 11) is 1.67. The summed E-state index contributed by atoms with van der Waals surface area (Å²) >= 11 is 0. The first-order valence-corrected chi connectivity index (χ1v) is 5.48. The lowest BCUT2D eigenvalue weighted by Crippen LogP contribution is -2.08. The van der Waals surface area contributed by atoms with E-state index in [0.717, 1.165) is 22.3 Å². The molecule has 0 saturated carbocycles. The van der Waals surface area contributed by atoms with Crippen LogP contribution < -0.4 is 11.5 Å². The van der Waals surface area contributed by atoms with Gasteiger partial charge in [-0.25, -0.2) is 4.79 Å². The van der Waals surface area contributed by atoms with Crippen molar-refractivity contribution in [2.24, 2.45) is 7.05 Å². The van der Waals surface area contributed by atoms with Crippen LogP contribution >= 0.6 is 0 Å². The van der Waals surface area contributed by atoms with Crippen LogP contribution in [0.5, 0.6) is 0 Å². The van der Waals surface area contributed by atoms with Crippen molar-refractivity contribution in [2.45, 2.75) is 6.92 Å². The Morgan fingerprint density at radius 2 is 2.22 bits per heavy atom. The maximum atomic E-state index is 11.4. The minimum absolute atomic E-state index is 0.376. The van der Waals surface area contributed by atoms with Gasteiger partial charge in [0.2, 0.25) is 0 Å². The summed E-state index contributed by atoms with van der Waals surface area (Å²) in [4.78, 5) is 11.4. The van der Waals surface area contributed by atoms with Gasteiger partial charge >= 0.3 is 5.76 Å². The molecule has 0 aliphatic carbocycles. The van der Waals surface area contributed by atoms with Crippen LogP contribution in [0, 0.1) is 6.92 Å². The molecule has 3 N–H and O–H groups in total. The number of aromatic nitrogens is 3. The van der Waals surface area contributed by atoms with Crippen LogP contribution in [0.15, 0.2) is 27.4 Å². The molecule has 18 heavy (non-hydrogen) atoms. The normalized spacial score (nSPS) is 11.2. The largest absolute Gasteiger partial charge is 0.419 e. The number of H-pyrrole nitrogens is 1. The molecule has 2 heterocycles. The highest BCUT2D eigenvalue weighted by Gasteiger charge is 2.12. The summed E-state index contributed by atoms with van der Waals surface area (Å²) in [5, 5.41) is 6.78. The fraction of sp³-hybridized carbons (Fsp3) is 0.167. The summed E-state index contributed by atoms with van der Waals surface area (Å²) in [5.41, 5.74) is 9.70. The van der Waals surface area contributed by atoms with E-state index in [1.165, 1.54) is 4.57 Å². The van der Waals surface area contributed by atoms with E-state index in [1.54, 1.807) is 13.1 Å². The first-order valence-electron chi connectivity index (χ1n) is 5.48. The molecule has 0 bridgehead atoms. The van der Waals surface area contributed by atoms with Gasteiger partial charge in [0.05, 0.1) is 5.52 Å². The standard InChI is InChI=1S/C12H12N4O2/c1-6-10(11(13)15-14-6)7-3-4-8-9(5-7)18-12(17)16(8)2/h3-5H,1-2H3,(H3,13,14,15). The molecule has 0 amide bonds. The third kappa shape index (κ3) is 1.35. The molecular weight excluding hydrogens is 232 g/mol. The van der Waals surface area contributed by atoms with Crippen LogP contribution in [0.3, 0.4) is 0 Å². The van der Waals surface area contributed by atoms with Gasteiger partial charge in [0.15, 0.2) is 11.4 Å². The number of rotatable bonds is 1. The summed E-state index contributed by atoms with van der Waals surface area (Å²) < 4.78 is 6.62. The minimum atomic E-state index is -0.376. The lowest BCUT2D eigenvalue weighted by atomic mass is 10.1. The molecule has 0 radical (unpaired) electrons. The number of fused-ring (bicyclic) bond motifs is 1. The SMILES string of the molecule is Cc1[nH]nc(N)c1-c1ccc2c(c1)oc(=O)n2C. The number of oxazole rings is 1. The molecule has 92 valence electrons. The van der Waals surface area contributed by atoms with Crippen molar-refractivity contribution < 1.29 is 4.42 Å². The quantitative estimate of drug-likeness (QED) is 0.677. The maximum absolute atomic E-state index is 11.4. The van der Waals surface area contributed by atoms with Crippen molar-refractivity contribution >= 4 is 16.9 Å². The zero-order valence-electron chi connectivity index (χ0n) is 10.0. The number of nitrogens with two attached hydrogens (primary N) is 1. The average molecular weight is 244 g/mol. The molecule has 3 aromatic rings. The number of hydrogen-bond acceptors (Lipinski definition) is 4. The fourth-order valence-electron chi connectivity index (χ4n) is 2.10. The first kappa shape index (κ1) is 10.6. The average Bonchev–Trinajstić information content (AvgIpc) is 2.81. The van der Waals surface area contributed by atoms with Crippen molar-refractivity contribution in [1.82, 2.24) is 14.8 Å². The molecule has 0 spiro atoms. The van der Waals surface area contributed by atoms with Crippen LogP contribution in [0.4, 0.5) is 5.82 Å². The lowest BCUT2D eigenvalue weighted by Gasteiger charge is -2.01. The second-order valence-electron chi connectivity index (χ2n) is 4.22. The smallest absolute Gasteiger partial charge is 0.408 e. The monoisotopic (exact) mass is 244 g/mol. The van der Waals surface area contributed by atoms with Gasteiger partial charge in [-0.3, -0.25) is 9.67 Å². The number of nitrogens with zero attached hydrogens (tertiary/aromatic N) is 2. The molecule has 3 rings (SSSR count). The predicted molar refractivity (Wildman–Crippen MR) is 68.2 cm³/mol. The number of aromatic amines is 1. The van der Waals surface area contributed by atoms with Gasteiger partial charge < -0.3 is 10.2 Å². The van der Waals surface area contributed by atoms with Gasteiger partial charge in [0, 0.05) is 18.3 Å². The number of benzene rings is 1. The molecule has 0 saturated heterocycles. The van der Waals surface area contributed by atoms with E-state index < -0.39 is 0 Å². The number of aryl methyl sites for hydroxylation is 2. The van der Waals surface area contributed by atoms with Crippen LogP contribution in [-0.4, -0.2) is 14.8 Å².